The number of rotatable bonds is 8. The van der Waals surface area contributed by atoms with Crippen molar-refractivity contribution in [3.05, 3.63) is 155 Å². The van der Waals surface area contributed by atoms with Crippen molar-refractivity contribution in [2.45, 2.75) is 19.6 Å². The quantitative estimate of drug-likeness (QED) is 0.200. The van der Waals surface area contributed by atoms with Crippen LogP contribution in [0, 0.1) is 0 Å². The third kappa shape index (κ3) is 6.44. The number of halogens is 2. The molecule has 0 bridgehead atoms. The summed E-state index contributed by atoms with van der Waals surface area (Å²) in [5.74, 6) is 0.864. The second-order valence-corrected chi connectivity index (χ2v) is 12.1. The number of aromatic nitrogens is 1. The lowest BCUT2D eigenvalue weighted by Crippen LogP contribution is -2.40. The van der Waals surface area contributed by atoms with Crippen molar-refractivity contribution < 1.29 is 14.3 Å². The van der Waals surface area contributed by atoms with E-state index in [0.29, 0.717) is 47.8 Å². The highest BCUT2D eigenvalue weighted by Gasteiger charge is 2.32. The Morgan fingerprint density at radius 2 is 1.76 bits per heavy atom. The van der Waals surface area contributed by atoms with Crippen molar-refractivity contribution in [3.8, 4) is 11.5 Å². The van der Waals surface area contributed by atoms with E-state index in [4.69, 9.17) is 37.7 Å². The minimum absolute atomic E-state index is 0.262. The third-order valence-corrected chi connectivity index (χ3v) is 9.01. The van der Waals surface area contributed by atoms with Gasteiger partial charge in [0.15, 0.2) is 4.80 Å². The van der Waals surface area contributed by atoms with Gasteiger partial charge >= 0.3 is 0 Å². The topological polar surface area (TPSA) is 81.9 Å². The molecule has 6 rings (SSSR count). The van der Waals surface area contributed by atoms with Gasteiger partial charge in [0.25, 0.3) is 11.5 Å². The molecular formula is C35H27Cl2N3O4S. The number of amides is 1. The first-order valence-corrected chi connectivity index (χ1v) is 15.6. The molecule has 226 valence electrons. The Morgan fingerprint density at radius 1 is 0.978 bits per heavy atom. The Morgan fingerprint density at radius 3 is 2.53 bits per heavy atom. The summed E-state index contributed by atoms with van der Waals surface area (Å²) < 4.78 is 13.7. The molecule has 0 unspecified atom stereocenters. The number of nitrogens with one attached hydrogen (secondary N) is 1. The normalized spacial score (nSPS) is 14.5. The van der Waals surface area contributed by atoms with Crippen molar-refractivity contribution in [2.24, 2.45) is 4.99 Å². The second kappa shape index (κ2) is 13.2. The molecule has 7 nitrogen and oxygen atoms in total. The summed E-state index contributed by atoms with van der Waals surface area (Å²) in [6.45, 7) is 2.05. The van der Waals surface area contributed by atoms with Gasteiger partial charge in [0.2, 0.25) is 0 Å². The van der Waals surface area contributed by atoms with Crippen LogP contribution in [0.2, 0.25) is 10.0 Å². The zero-order chi connectivity index (χ0) is 31.5. The lowest BCUT2D eigenvalue weighted by molar-refractivity contribution is -0.113. The maximum absolute atomic E-state index is 14.2. The molecule has 0 aliphatic carbocycles. The van der Waals surface area contributed by atoms with Crippen LogP contribution in [0.3, 0.4) is 0 Å². The molecule has 1 aliphatic rings. The predicted octanol–water partition coefficient (Wildman–Crippen LogP) is 6.77. The molecule has 5 aromatic rings. The summed E-state index contributed by atoms with van der Waals surface area (Å²) in [6.07, 6.45) is 1.79. The van der Waals surface area contributed by atoms with Crippen LogP contribution in [-0.2, 0) is 11.4 Å². The minimum atomic E-state index is -0.733. The second-order valence-electron chi connectivity index (χ2n) is 10.3. The summed E-state index contributed by atoms with van der Waals surface area (Å²) in [5, 5.41) is 3.89. The summed E-state index contributed by atoms with van der Waals surface area (Å²) in [7, 11) is 1.58. The van der Waals surface area contributed by atoms with Gasteiger partial charge in [-0.2, -0.15) is 0 Å². The van der Waals surface area contributed by atoms with Gasteiger partial charge in [-0.25, -0.2) is 4.99 Å². The first kappa shape index (κ1) is 30.4. The van der Waals surface area contributed by atoms with Crippen LogP contribution in [0.15, 0.2) is 118 Å². The van der Waals surface area contributed by atoms with Crippen molar-refractivity contribution >= 4 is 52.2 Å². The molecule has 1 amide bonds. The molecule has 45 heavy (non-hydrogen) atoms. The molecule has 1 N–H and O–H groups in total. The number of fused-ring (bicyclic) bond motifs is 1. The highest BCUT2D eigenvalue weighted by Crippen LogP contribution is 2.32. The van der Waals surface area contributed by atoms with Gasteiger partial charge in [-0.3, -0.25) is 14.2 Å². The zero-order valence-electron chi connectivity index (χ0n) is 24.3. The summed E-state index contributed by atoms with van der Waals surface area (Å²) >= 11 is 13.5. The fourth-order valence-electron chi connectivity index (χ4n) is 5.12. The Hall–Kier alpha value is -4.63. The number of methoxy groups -OCH3 is 1. The smallest absolute Gasteiger partial charge is 0.271 e. The van der Waals surface area contributed by atoms with Gasteiger partial charge in [0.05, 0.1) is 39.0 Å². The van der Waals surface area contributed by atoms with E-state index in [2.05, 4.69) is 5.32 Å². The number of allylic oxidation sites excluding steroid dienone is 1. The molecule has 4 aromatic carbocycles. The van der Waals surface area contributed by atoms with E-state index in [1.54, 1.807) is 36.8 Å². The van der Waals surface area contributed by atoms with Gasteiger partial charge < -0.3 is 14.8 Å². The lowest BCUT2D eigenvalue weighted by atomic mass is 9.95. The number of carbonyl (C=O) groups is 1. The average molecular weight is 657 g/mol. The Bertz CT molecular complexity index is 2120. The van der Waals surface area contributed by atoms with E-state index in [1.165, 1.54) is 11.3 Å². The number of hydrogen-bond donors (Lipinski definition) is 1. The van der Waals surface area contributed by atoms with Crippen molar-refractivity contribution in [1.82, 2.24) is 4.57 Å². The largest absolute Gasteiger partial charge is 0.497 e. The number of thiazole rings is 1. The standard InChI is InChI=1S/C35H27Cl2N3O4S/c1-21-31(33(41)39-25-11-4-3-5-12-25)32(24-10-8-13-26(18-24)43-2)40-34(42)30(45-35(40)38-21)19-23-9-6-7-14-29(23)44-20-22-15-16-27(36)28(37)17-22/h3-19,32H,20H2,1-2H3,(H,39,41)/b30-19-/t32-/m0/s1. The Kier molecular flexibility index (Phi) is 8.89. The van der Waals surface area contributed by atoms with Gasteiger partial charge in [-0.1, -0.05) is 89.1 Å². The number of carbonyl (C=O) groups excluding carboxylic acids is 1. The molecule has 0 spiro atoms. The number of hydrogen-bond acceptors (Lipinski definition) is 6. The maximum atomic E-state index is 14.2. The fourth-order valence-corrected chi connectivity index (χ4v) is 6.48. The van der Waals surface area contributed by atoms with Crippen LogP contribution in [0.25, 0.3) is 6.08 Å². The summed E-state index contributed by atoms with van der Waals surface area (Å²) in [6, 6.07) is 28.6. The van der Waals surface area contributed by atoms with Crippen molar-refractivity contribution in [2.75, 3.05) is 12.4 Å². The molecule has 0 fully saturated rings. The molecule has 0 saturated carbocycles. The van der Waals surface area contributed by atoms with Crippen molar-refractivity contribution in [1.29, 1.82) is 0 Å². The number of benzene rings is 4. The van der Waals surface area contributed by atoms with Crippen LogP contribution in [0.1, 0.15) is 29.7 Å². The molecule has 1 aliphatic heterocycles. The average Bonchev–Trinajstić information content (AvgIpc) is 3.35. The SMILES string of the molecule is COc1cccc([C@H]2C(C(=O)Nc3ccccc3)=C(C)N=c3s/c(=C\c4ccccc4OCc4ccc(Cl)c(Cl)c4)c(=O)n32)c1. The molecule has 2 heterocycles. The van der Waals surface area contributed by atoms with Gasteiger partial charge in [-0.05, 0) is 66.6 Å². The molecule has 0 radical (unpaired) electrons. The summed E-state index contributed by atoms with van der Waals surface area (Å²) in [4.78, 5) is 33.2. The van der Waals surface area contributed by atoms with Crippen LogP contribution < -0.4 is 29.7 Å². The highest BCUT2D eigenvalue weighted by molar-refractivity contribution is 7.07. The molecule has 10 heteroatoms. The number of nitrogens with zero attached hydrogens (tertiary/aromatic N) is 2. The van der Waals surface area contributed by atoms with Gasteiger partial charge in [0.1, 0.15) is 18.1 Å². The maximum Gasteiger partial charge on any atom is 0.271 e. The molecule has 0 saturated heterocycles. The van der Waals surface area contributed by atoms with E-state index >= 15 is 0 Å². The van der Waals surface area contributed by atoms with E-state index < -0.39 is 6.04 Å². The fraction of sp³-hybridized carbons (Fsp3) is 0.114. The lowest BCUT2D eigenvalue weighted by Gasteiger charge is -2.25. The van der Waals surface area contributed by atoms with Gasteiger partial charge in [-0.15, -0.1) is 0 Å². The molecular weight excluding hydrogens is 629 g/mol. The number of anilines is 1. The zero-order valence-corrected chi connectivity index (χ0v) is 26.6. The van der Waals surface area contributed by atoms with E-state index in [1.807, 2.05) is 84.9 Å². The van der Waals surface area contributed by atoms with Crippen LogP contribution in [-0.4, -0.2) is 17.6 Å². The Labute approximate surface area is 273 Å². The minimum Gasteiger partial charge on any atom is -0.497 e. The highest BCUT2D eigenvalue weighted by atomic mass is 35.5. The van der Waals surface area contributed by atoms with Gasteiger partial charge in [0, 0.05) is 11.3 Å². The van der Waals surface area contributed by atoms with Crippen LogP contribution in [0.5, 0.6) is 11.5 Å². The first-order valence-electron chi connectivity index (χ1n) is 14.0. The van der Waals surface area contributed by atoms with Crippen molar-refractivity contribution in [3.63, 3.8) is 0 Å². The monoisotopic (exact) mass is 655 g/mol. The van der Waals surface area contributed by atoms with Crippen LogP contribution >= 0.6 is 34.5 Å². The van der Waals surface area contributed by atoms with E-state index in [9.17, 15) is 9.59 Å². The third-order valence-electron chi connectivity index (χ3n) is 7.29. The molecule has 1 atom stereocenters. The van der Waals surface area contributed by atoms with Crippen LogP contribution in [0.4, 0.5) is 5.69 Å². The summed E-state index contributed by atoms with van der Waals surface area (Å²) in [5.41, 5.74) is 3.56. The molecule has 1 aromatic heterocycles. The predicted molar refractivity (Wildman–Crippen MR) is 179 cm³/mol. The number of para-hydroxylation sites is 2. The number of ether oxygens (including phenoxy) is 2. The first-order chi connectivity index (χ1) is 21.8. The van der Waals surface area contributed by atoms with E-state index in [-0.39, 0.29) is 18.1 Å². The van der Waals surface area contributed by atoms with E-state index in [0.717, 1.165) is 16.7 Å². The Balaban J connectivity index is 1.42.